The summed E-state index contributed by atoms with van der Waals surface area (Å²) in [7, 11) is 0. The number of amides is 1. The summed E-state index contributed by atoms with van der Waals surface area (Å²) in [5, 5.41) is 10.1. The molecule has 2 N–H and O–H groups in total. The van der Waals surface area contributed by atoms with Crippen molar-refractivity contribution in [2.45, 2.75) is 0 Å². The van der Waals surface area contributed by atoms with Crippen molar-refractivity contribution in [2.75, 3.05) is 44.7 Å². The Morgan fingerprint density at radius 2 is 1.68 bits per heavy atom. The van der Waals surface area contributed by atoms with Crippen molar-refractivity contribution in [2.24, 2.45) is 0 Å². The SMILES string of the molecule is O=C(NCCN1CCOCC1)c1cccc(Nc2c(Oc3ccc(F)cc3)cnn(-c3ccc(F)cc3)c2=O)c1. The van der Waals surface area contributed by atoms with Gasteiger partial charge in [-0.05, 0) is 66.7 Å². The van der Waals surface area contributed by atoms with Gasteiger partial charge in [-0.1, -0.05) is 6.07 Å². The van der Waals surface area contributed by atoms with E-state index >= 15 is 0 Å². The third kappa shape index (κ3) is 6.68. The lowest BCUT2D eigenvalue weighted by Crippen LogP contribution is -2.41. The number of nitrogens with one attached hydrogen (secondary N) is 2. The molecule has 9 nitrogen and oxygen atoms in total. The monoisotopic (exact) mass is 547 g/mol. The summed E-state index contributed by atoms with van der Waals surface area (Å²) in [5.41, 5.74) is 0.649. The Labute approximate surface area is 229 Å². The van der Waals surface area contributed by atoms with E-state index in [-0.39, 0.29) is 17.3 Å². The Balaban J connectivity index is 1.39. The van der Waals surface area contributed by atoms with E-state index in [2.05, 4.69) is 20.6 Å². The van der Waals surface area contributed by atoms with E-state index in [1.165, 1.54) is 54.7 Å². The molecular formula is C29H27F2N5O4. The second kappa shape index (κ2) is 12.5. The number of halogens is 2. The molecular weight excluding hydrogens is 520 g/mol. The van der Waals surface area contributed by atoms with Crippen LogP contribution < -0.4 is 20.9 Å². The summed E-state index contributed by atoms with van der Waals surface area (Å²) in [6.45, 7) is 4.24. The third-order valence-electron chi connectivity index (χ3n) is 6.27. The molecule has 1 aromatic heterocycles. The van der Waals surface area contributed by atoms with Crippen molar-refractivity contribution in [3.8, 4) is 17.2 Å². The van der Waals surface area contributed by atoms with Gasteiger partial charge in [0.25, 0.3) is 11.5 Å². The van der Waals surface area contributed by atoms with Crippen LogP contribution in [0.3, 0.4) is 0 Å². The van der Waals surface area contributed by atoms with Crippen LogP contribution in [0.2, 0.25) is 0 Å². The first-order chi connectivity index (χ1) is 19.5. The fraction of sp³-hybridized carbons (Fsp3) is 0.207. The van der Waals surface area contributed by atoms with E-state index in [0.717, 1.165) is 24.3 Å². The molecule has 1 aliphatic heterocycles. The predicted molar refractivity (Wildman–Crippen MR) is 146 cm³/mol. The predicted octanol–water partition coefficient (Wildman–Crippen LogP) is 4.11. The van der Waals surface area contributed by atoms with Crippen LogP contribution in [0.4, 0.5) is 20.2 Å². The van der Waals surface area contributed by atoms with Gasteiger partial charge in [0.1, 0.15) is 17.4 Å². The van der Waals surface area contributed by atoms with Crippen molar-refractivity contribution >= 4 is 17.3 Å². The highest BCUT2D eigenvalue weighted by Gasteiger charge is 2.17. The Morgan fingerprint density at radius 3 is 2.40 bits per heavy atom. The number of aromatic nitrogens is 2. The highest BCUT2D eigenvalue weighted by Crippen LogP contribution is 2.29. The minimum Gasteiger partial charge on any atom is -0.453 e. The summed E-state index contributed by atoms with van der Waals surface area (Å²) < 4.78 is 39.2. The summed E-state index contributed by atoms with van der Waals surface area (Å²) in [4.78, 5) is 28.6. The first kappa shape index (κ1) is 27.0. The second-order valence-corrected chi connectivity index (χ2v) is 9.05. The molecule has 206 valence electrons. The normalized spacial score (nSPS) is 13.6. The topological polar surface area (TPSA) is 97.7 Å². The maximum Gasteiger partial charge on any atom is 0.299 e. The smallest absolute Gasteiger partial charge is 0.299 e. The molecule has 0 bridgehead atoms. The Kier molecular flexibility index (Phi) is 8.43. The van der Waals surface area contributed by atoms with Gasteiger partial charge in [0.2, 0.25) is 0 Å². The summed E-state index contributed by atoms with van der Waals surface area (Å²) in [6, 6.07) is 17.3. The van der Waals surface area contributed by atoms with Crippen molar-refractivity contribution in [3.05, 3.63) is 107 Å². The zero-order valence-corrected chi connectivity index (χ0v) is 21.5. The minimum absolute atomic E-state index is 0.0218. The number of hydrogen-bond donors (Lipinski definition) is 2. The molecule has 40 heavy (non-hydrogen) atoms. The van der Waals surface area contributed by atoms with E-state index in [1.54, 1.807) is 24.3 Å². The number of morpholine rings is 1. The molecule has 2 heterocycles. The lowest BCUT2D eigenvalue weighted by molar-refractivity contribution is 0.0383. The van der Waals surface area contributed by atoms with Gasteiger partial charge < -0.3 is 20.1 Å². The molecule has 1 amide bonds. The van der Waals surface area contributed by atoms with Gasteiger partial charge in [0.15, 0.2) is 11.4 Å². The second-order valence-electron chi connectivity index (χ2n) is 9.05. The third-order valence-corrected chi connectivity index (χ3v) is 6.27. The Bertz CT molecular complexity index is 1520. The van der Waals surface area contributed by atoms with Crippen LogP contribution >= 0.6 is 0 Å². The highest BCUT2D eigenvalue weighted by atomic mass is 19.1. The molecule has 0 atom stereocenters. The molecule has 11 heteroatoms. The zero-order chi connectivity index (χ0) is 27.9. The van der Waals surface area contributed by atoms with Crippen LogP contribution in [0, 0.1) is 11.6 Å². The molecule has 3 aromatic carbocycles. The van der Waals surface area contributed by atoms with Gasteiger partial charge in [-0.2, -0.15) is 9.78 Å². The molecule has 0 radical (unpaired) electrons. The number of carbonyl (C=O) groups is 1. The zero-order valence-electron chi connectivity index (χ0n) is 21.5. The van der Waals surface area contributed by atoms with Crippen LogP contribution in [0.15, 0.2) is 83.8 Å². The molecule has 1 saturated heterocycles. The number of hydrogen-bond acceptors (Lipinski definition) is 7. The van der Waals surface area contributed by atoms with Gasteiger partial charge >= 0.3 is 0 Å². The number of anilines is 2. The minimum atomic E-state index is -0.577. The maximum absolute atomic E-state index is 13.5. The van der Waals surface area contributed by atoms with E-state index < -0.39 is 17.2 Å². The number of ether oxygens (including phenoxy) is 2. The average Bonchev–Trinajstić information content (AvgIpc) is 2.97. The first-order valence-corrected chi connectivity index (χ1v) is 12.7. The number of carbonyl (C=O) groups excluding carboxylic acids is 1. The summed E-state index contributed by atoms with van der Waals surface area (Å²) in [6.07, 6.45) is 1.33. The van der Waals surface area contributed by atoms with Crippen LogP contribution in [0.1, 0.15) is 10.4 Å². The van der Waals surface area contributed by atoms with E-state index in [1.807, 2.05) is 0 Å². The van der Waals surface area contributed by atoms with Crippen LogP contribution in [-0.2, 0) is 4.74 Å². The van der Waals surface area contributed by atoms with Gasteiger partial charge in [0, 0.05) is 37.4 Å². The molecule has 0 spiro atoms. The fourth-order valence-electron chi connectivity index (χ4n) is 4.16. The van der Waals surface area contributed by atoms with Gasteiger partial charge in [-0.25, -0.2) is 8.78 Å². The molecule has 0 aliphatic carbocycles. The average molecular weight is 548 g/mol. The van der Waals surface area contributed by atoms with E-state index in [4.69, 9.17) is 9.47 Å². The first-order valence-electron chi connectivity index (χ1n) is 12.7. The lowest BCUT2D eigenvalue weighted by Gasteiger charge is -2.26. The van der Waals surface area contributed by atoms with Crippen LogP contribution in [-0.4, -0.2) is 60.0 Å². The van der Waals surface area contributed by atoms with Gasteiger partial charge in [-0.3, -0.25) is 14.5 Å². The highest BCUT2D eigenvalue weighted by molar-refractivity contribution is 5.95. The number of rotatable bonds is 9. The Morgan fingerprint density at radius 1 is 0.975 bits per heavy atom. The molecule has 0 unspecified atom stereocenters. The quantitative estimate of drug-likeness (QED) is 0.326. The van der Waals surface area contributed by atoms with Gasteiger partial charge in [-0.15, -0.1) is 0 Å². The van der Waals surface area contributed by atoms with E-state index in [9.17, 15) is 18.4 Å². The molecule has 0 saturated carbocycles. The Hall–Kier alpha value is -4.61. The standard InChI is InChI=1S/C29H27F2N5O4/c30-21-4-8-24(9-5-21)36-29(38)27(26(19-33-36)40-25-10-6-22(31)7-11-25)34-23-3-1-2-20(18-23)28(37)32-12-13-35-14-16-39-17-15-35/h1-11,18-19,34H,12-17H2,(H,32,37). The van der Waals surface area contributed by atoms with E-state index in [0.29, 0.717) is 42.4 Å². The molecule has 4 aromatic rings. The van der Waals surface area contributed by atoms with Crippen LogP contribution in [0.25, 0.3) is 5.69 Å². The van der Waals surface area contributed by atoms with Crippen molar-refractivity contribution < 1.29 is 23.0 Å². The lowest BCUT2D eigenvalue weighted by atomic mass is 10.2. The van der Waals surface area contributed by atoms with Gasteiger partial charge in [0.05, 0.1) is 25.1 Å². The fourth-order valence-corrected chi connectivity index (χ4v) is 4.16. The number of benzene rings is 3. The summed E-state index contributed by atoms with van der Waals surface area (Å²) >= 11 is 0. The maximum atomic E-state index is 13.5. The van der Waals surface area contributed by atoms with Crippen LogP contribution in [0.5, 0.6) is 11.5 Å². The molecule has 1 fully saturated rings. The van der Waals surface area contributed by atoms with Crippen molar-refractivity contribution in [3.63, 3.8) is 0 Å². The van der Waals surface area contributed by atoms with Crippen molar-refractivity contribution in [1.29, 1.82) is 0 Å². The largest absolute Gasteiger partial charge is 0.453 e. The molecule has 1 aliphatic rings. The summed E-state index contributed by atoms with van der Waals surface area (Å²) in [5.74, 6) is -0.769. The number of nitrogens with zero attached hydrogens (tertiary/aromatic N) is 3. The van der Waals surface area contributed by atoms with Crippen molar-refractivity contribution in [1.82, 2.24) is 20.0 Å². The molecule has 5 rings (SSSR count).